The number of likely N-dealkylation sites (tertiary alicyclic amines) is 1. The largest absolute Gasteiger partial charge is 0.416 e. The maximum absolute atomic E-state index is 13.3. The predicted molar refractivity (Wildman–Crippen MR) is 127 cm³/mol. The minimum absolute atomic E-state index is 0.240. The third-order valence-corrected chi connectivity index (χ3v) is 6.77. The number of halogens is 4. The highest BCUT2D eigenvalue weighted by Crippen LogP contribution is 2.35. The second-order valence-electron chi connectivity index (χ2n) is 9.00. The Kier molecular flexibility index (Phi) is 6.09. The molecule has 0 bridgehead atoms. The van der Waals surface area contributed by atoms with Crippen LogP contribution in [0.3, 0.4) is 0 Å². The van der Waals surface area contributed by atoms with E-state index in [0.717, 1.165) is 36.1 Å². The van der Waals surface area contributed by atoms with Crippen molar-refractivity contribution in [3.8, 4) is 0 Å². The van der Waals surface area contributed by atoms with Gasteiger partial charge in [-0.15, -0.1) is 0 Å². The van der Waals surface area contributed by atoms with E-state index in [0.29, 0.717) is 19.6 Å². The lowest BCUT2D eigenvalue weighted by atomic mass is 9.89. The summed E-state index contributed by atoms with van der Waals surface area (Å²) in [6, 6.07) is 19.1. The molecule has 0 N–H and O–H groups in total. The maximum atomic E-state index is 13.3. The molecule has 0 spiro atoms. The molecule has 0 atom stereocenters. The number of rotatable bonds is 4. The summed E-state index contributed by atoms with van der Waals surface area (Å²) in [7, 11) is 0. The lowest BCUT2D eigenvalue weighted by Crippen LogP contribution is -2.37. The Hall–Kier alpha value is -3.61. The molecular weight excluding hydrogens is 456 g/mol. The van der Waals surface area contributed by atoms with Gasteiger partial charge in [0.1, 0.15) is 5.82 Å². The molecule has 1 aromatic heterocycles. The number of carbonyl (C=O) groups is 1. The van der Waals surface area contributed by atoms with E-state index in [1.807, 2.05) is 12.1 Å². The van der Waals surface area contributed by atoms with Gasteiger partial charge in [0.05, 0.1) is 5.56 Å². The molecule has 0 saturated carbocycles. The van der Waals surface area contributed by atoms with Crippen molar-refractivity contribution >= 4 is 16.8 Å². The maximum Gasteiger partial charge on any atom is 0.416 e. The first-order chi connectivity index (χ1) is 16.8. The molecule has 7 heteroatoms. The zero-order chi connectivity index (χ0) is 24.6. The van der Waals surface area contributed by atoms with Crippen LogP contribution in [0.25, 0.3) is 10.9 Å². The monoisotopic (exact) mass is 480 g/mol. The van der Waals surface area contributed by atoms with Crippen LogP contribution in [-0.2, 0) is 12.7 Å². The third-order valence-electron chi connectivity index (χ3n) is 6.77. The number of para-hydroxylation sites is 1. The Bertz CT molecular complexity index is 1330. The van der Waals surface area contributed by atoms with Gasteiger partial charge in [-0.05, 0) is 72.4 Å². The highest BCUT2D eigenvalue weighted by molar-refractivity contribution is 5.94. The second kappa shape index (κ2) is 9.21. The van der Waals surface area contributed by atoms with Crippen LogP contribution in [0.1, 0.15) is 45.8 Å². The molecule has 0 aliphatic carbocycles. The molecule has 35 heavy (non-hydrogen) atoms. The summed E-state index contributed by atoms with van der Waals surface area (Å²) >= 11 is 0. The molecule has 1 fully saturated rings. The fraction of sp³-hybridized carbons (Fsp3) is 0.250. The molecule has 1 aliphatic heterocycles. The van der Waals surface area contributed by atoms with E-state index in [1.165, 1.54) is 35.2 Å². The first kappa shape index (κ1) is 23.1. The van der Waals surface area contributed by atoms with Gasteiger partial charge in [-0.25, -0.2) is 4.39 Å². The predicted octanol–water partition coefficient (Wildman–Crippen LogP) is 6.87. The van der Waals surface area contributed by atoms with Crippen LogP contribution in [0.4, 0.5) is 17.6 Å². The van der Waals surface area contributed by atoms with Crippen molar-refractivity contribution < 1.29 is 22.4 Å². The van der Waals surface area contributed by atoms with Crippen molar-refractivity contribution in [3.63, 3.8) is 0 Å². The normalized spacial score (nSPS) is 15.0. The highest BCUT2D eigenvalue weighted by atomic mass is 19.4. The zero-order valence-electron chi connectivity index (χ0n) is 18.9. The number of benzene rings is 3. The number of fused-ring (bicyclic) bond motifs is 1. The molecule has 5 rings (SSSR count). The van der Waals surface area contributed by atoms with Crippen LogP contribution in [0, 0.1) is 5.82 Å². The van der Waals surface area contributed by atoms with Crippen molar-refractivity contribution in [2.45, 2.75) is 31.5 Å². The molecular formula is C28H24F4N2O. The number of nitrogens with zero attached hydrogens (tertiary/aromatic N) is 2. The molecule has 1 aliphatic rings. The van der Waals surface area contributed by atoms with Crippen molar-refractivity contribution in [3.05, 3.63) is 107 Å². The number of carbonyl (C=O) groups excluding carboxylic acids is 1. The van der Waals surface area contributed by atoms with Gasteiger partial charge in [-0.3, -0.25) is 4.79 Å². The van der Waals surface area contributed by atoms with Crippen molar-refractivity contribution in [1.29, 1.82) is 0 Å². The Balaban J connectivity index is 1.31. The Morgan fingerprint density at radius 2 is 1.54 bits per heavy atom. The van der Waals surface area contributed by atoms with E-state index >= 15 is 0 Å². The standard InChI is InChI=1S/C28H24F4N2O/c29-23-11-5-19(6-12-23)17-34-18-25(24-3-1-2-4-26(24)34)20-13-15-33(16-14-20)27(35)21-7-9-22(10-8-21)28(30,31)32/h1-12,18,20H,13-17H2. The smallest absolute Gasteiger partial charge is 0.343 e. The van der Waals surface area contributed by atoms with Gasteiger partial charge >= 0.3 is 6.18 Å². The number of amides is 1. The fourth-order valence-electron chi connectivity index (χ4n) is 4.90. The van der Waals surface area contributed by atoms with Gasteiger partial charge in [0, 0.05) is 42.3 Å². The molecule has 3 nitrogen and oxygen atoms in total. The first-order valence-electron chi connectivity index (χ1n) is 11.6. The van der Waals surface area contributed by atoms with E-state index in [9.17, 15) is 22.4 Å². The Morgan fingerprint density at radius 1 is 0.886 bits per heavy atom. The van der Waals surface area contributed by atoms with Gasteiger partial charge < -0.3 is 9.47 Å². The van der Waals surface area contributed by atoms with Gasteiger partial charge in [0.15, 0.2) is 0 Å². The highest BCUT2D eigenvalue weighted by Gasteiger charge is 2.31. The zero-order valence-corrected chi connectivity index (χ0v) is 18.9. The minimum Gasteiger partial charge on any atom is -0.343 e. The van der Waals surface area contributed by atoms with E-state index < -0.39 is 11.7 Å². The van der Waals surface area contributed by atoms with Crippen LogP contribution in [0.5, 0.6) is 0 Å². The number of alkyl halides is 3. The summed E-state index contributed by atoms with van der Waals surface area (Å²) in [6.45, 7) is 1.72. The van der Waals surface area contributed by atoms with Crippen molar-refractivity contribution in [2.75, 3.05) is 13.1 Å². The number of hydrogen-bond donors (Lipinski definition) is 0. The fourth-order valence-corrected chi connectivity index (χ4v) is 4.90. The SMILES string of the molecule is O=C(c1ccc(C(F)(F)F)cc1)N1CCC(c2cn(Cc3ccc(F)cc3)c3ccccc23)CC1. The quantitative estimate of drug-likeness (QED) is 0.293. The second-order valence-corrected chi connectivity index (χ2v) is 9.00. The van der Waals surface area contributed by atoms with Crippen LogP contribution in [0.2, 0.25) is 0 Å². The summed E-state index contributed by atoms with van der Waals surface area (Å²) in [6.07, 6.45) is -0.713. The van der Waals surface area contributed by atoms with E-state index in [4.69, 9.17) is 0 Å². The molecule has 1 amide bonds. The molecule has 1 saturated heterocycles. The lowest BCUT2D eigenvalue weighted by molar-refractivity contribution is -0.137. The Labute approximate surface area is 200 Å². The molecule has 4 aromatic rings. The van der Waals surface area contributed by atoms with Crippen molar-refractivity contribution in [1.82, 2.24) is 9.47 Å². The van der Waals surface area contributed by atoms with Gasteiger partial charge in [0.2, 0.25) is 0 Å². The van der Waals surface area contributed by atoms with Gasteiger partial charge in [-0.2, -0.15) is 13.2 Å². The van der Waals surface area contributed by atoms with E-state index in [1.54, 1.807) is 17.0 Å². The molecule has 180 valence electrons. The van der Waals surface area contributed by atoms with Crippen molar-refractivity contribution in [2.24, 2.45) is 0 Å². The molecule has 2 heterocycles. The average molecular weight is 481 g/mol. The summed E-state index contributed by atoms with van der Waals surface area (Å²) in [4.78, 5) is 14.6. The summed E-state index contributed by atoms with van der Waals surface area (Å²) in [5, 5.41) is 1.17. The molecule has 0 radical (unpaired) electrons. The van der Waals surface area contributed by atoms with Crippen LogP contribution in [-0.4, -0.2) is 28.5 Å². The van der Waals surface area contributed by atoms with Gasteiger partial charge in [0.25, 0.3) is 5.91 Å². The average Bonchev–Trinajstić information content (AvgIpc) is 3.23. The minimum atomic E-state index is -4.42. The van der Waals surface area contributed by atoms with Crippen LogP contribution >= 0.6 is 0 Å². The summed E-state index contributed by atoms with van der Waals surface area (Å²) in [5.41, 5.74) is 2.85. The van der Waals surface area contributed by atoms with Crippen LogP contribution in [0.15, 0.2) is 79.0 Å². The number of piperidine rings is 1. The third kappa shape index (κ3) is 4.81. The summed E-state index contributed by atoms with van der Waals surface area (Å²) < 4.78 is 53.9. The van der Waals surface area contributed by atoms with Crippen LogP contribution < -0.4 is 0 Å². The number of hydrogen-bond acceptors (Lipinski definition) is 1. The van der Waals surface area contributed by atoms with E-state index in [2.05, 4.69) is 22.9 Å². The topological polar surface area (TPSA) is 25.2 Å². The summed E-state index contributed by atoms with van der Waals surface area (Å²) in [5.74, 6) is -0.230. The first-order valence-corrected chi connectivity index (χ1v) is 11.6. The van der Waals surface area contributed by atoms with Gasteiger partial charge in [-0.1, -0.05) is 30.3 Å². The van der Waals surface area contributed by atoms with E-state index in [-0.39, 0.29) is 23.2 Å². The Morgan fingerprint density at radius 3 is 2.20 bits per heavy atom. The molecule has 3 aromatic carbocycles. The lowest BCUT2D eigenvalue weighted by Gasteiger charge is -2.32. The molecule has 0 unspecified atom stereocenters. The number of aromatic nitrogens is 1.